The highest BCUT2D eigenvalue weighted by atomic mass is 33.1. The van der Waals surface area contributed by atoms with Gasteiger partial charge in [-0.05, 0) is 76.3 Å². The summed E-state index contributed by atoms with van der Waals surface area (Å²) in [6.07, 6.45) is -3.90. The van der Waals surface area contributed by atoms with Gasteiger partial charge in [-0.1, -0.05) is 100 Å². The second-order valence-corrected chi connectivity index (χ2v) is 22.2. The molecule has 0 aliphatic carbocycles. The quantitative estimate of drug-likeness (QED) is 0.0261. The molecule has 5 rings (SSSR count). The maximum atomic E-state index is 14.9. The van der Waals surface area contributed by atoms with Gasteiger partial charge in [0.25, 0.3) is 5.91 Å². The van der Waals surface area contributed by atoms with Crippen molar-refractivity contribution < 1.29 is 68.3 Å². The molecule has 15 N–H and O–H groups in total. The second-order valence-electron chi connectivity index (χ2n) is 19.7. The van der Waals surface area contributed by atoms with Gasteiger partial charge >= 0.3 is 5.97 Å². The van der Waals surface area contributed by atoms with Crippen LogP contribution < -0.4 is 48.3 Å². The highest BCUT2D eigenvalue weighted by Gasteiger charge is 2.37. The highest BCUT2D eigenvalue weighted by Crippen LogP contribution is 2.25. The Morgan fingerprint density at radius 1 is 0.679 bits per heavy atom. The van der Waals surface area contributed by atoms with Crippen LogP contribution in [0.25, 0.3) is 10.9 Å². The van der Waals surface area contributed by atoms with Crippen molar-refractivity contribution in [3.63, 3.8) is 0 Å². The first-order valence-corrected chi connectivity index (χ1v) is 29.0. The lowest BCUT2D eigenvalue weighted by Crippen LogP contribution is -2.62. The summed E-state index contributed by atoms with van der Waals surface area (Å²) in [4.78, 5) is 131. The van der Waals surface area contributed by atoms with Crippen molar-refractivity contribution in [1.82, 2.24) is 47.5 Å². The number of fused-ring (bicyclic) bond motifs is 1. The molecule has 0 spiro atoms. The van der Waals surface area contributed by atoms with Gasteiger partial charge in [-0.15, -0.1) is 0 Å². The van der Waals surface area contributed by atoms with Crippen molar-refractivity contribution >= 4 is 85.7 Å². The number of nitrogens with two attached hydrogens (primary N) is 1. The first-order valence-electron chi connectivity index (χ1n) is 26.5. The van der Waals surface area contributed by atoms with E-state index in [9.17, 15) is 63.6 Å². The molecule has 8 amide bonds. The molecule has 8 unspecified atom stereocenters. The van der Waals surface area contributed by atoms with Crippen LogP contribution >= 0.6 is 21.6 Å². The van der Waals surface area contributed by atoms with Gasteiger partial charge in [0.2, 0.25) is 41.4 Å². The molecule has 24 nitrogen and oxygen atoms in total. The Bertz CT molecular complexity index is 2750. The molecule has 0 bridgehead atoms. The SMILES string of the molecule is C[C@H](O)C(=O)O[C@@H](C)C(=O)NC(Cc1ccccc1)C(=O)NC1CSSCC(C(=O)NC(CO)[C@@H](C)O)NC(=O)C([C@@H](C)O)NC(=O)C(CCCCN)NC(=O)C(Cc2c[nH]c3ccccc23)NC(=O)C(Cc2ccccc2)NC1=O. The maximum absolute atomic E-state index is 14.9. The van der Waals surface area contributed by atoms with Crippen LogP contribution in [0.1, 0.15) is 63.6 Å². The number of aliphatic hydroxyl groups is 4. The first kappa shape index (κ1) is 64.7. The minimum atomic E-state index is -1.73. The van der Waals surface area contributed by atoms with Gasteiger partial charge in [-0.25, -0.2) is 4.79 Å². The van der Waals surface area contributed by atoms with Crippen LogP contribution in [0, 0.1) is 0 Å². The summed E-state index contributed by atoms with van der Waals surface area (Å²) >= 11 is 0. The number of unbranched alkanes of at least 4 members (excludes halogenated alkanes) is 1. The number of hydrogen-bond donors (Lipinski definition) is 14. The van der Waals surface area contributed by atoms with Gasteiger partial charge in [0.15, 0.2) is 6.10 Å². The summed E-state index contributed by atoms with van der Waals surface area (Å²) in [7, 11) is 1.87. The van der Waals surface area contributed by atoms with Gasteiger partial charge in [0, 0.05) is 47.9 Å². The normalized spacial score (nSPS) is 22.1. The summed E-state index contributed by atoms with van der Waals surface area (Å²) in [6, 6.07) is 12.7. The van der Waals surface area contributed by atoms with Crippen LogP contribution in [0.4, 0.5) is 0 Å². The van der Waals surface area contributed by atoms with E-state index < -0.39 is 133 Å². The summed E-state index contributed by atoms with van der Waals surface area (Å²) in [5.74, 6) is -8.94. The largest absolute Gasteiger partial charge is 0.451 e. The number of carbonyl (C=O) groups is 9. The number of nitrogens with one attached hydrogen (secondary N) is 9. The molecule has 26 heteroatoms. The predicted octanol–water partition coefficient (Wildman–Crippen LogP) is -1.34. The van der Waals surface area contributed by atoms with E-state index in [1.807, 2.05) is 18.2 Å². The Kier molecular flexibility index (Phi) is 25.9. The lowest BCUT2D eigenvalue weighted by Gasteiger charge is -2.29. The van der Waals surface area contributed by atoms with Crippen LogP contribution in [0.15, 0.2) is 91.1 Å². The smallest absolute Gasteiger partial charge is 0.335 e. The number of H-pyrrole nitrogens is 1. The summed E-state index contributed by atoms with van der Waals surface area (Å²) in [5.41, 5.74) is 8.29. The number of carbonyl (C=O) groups excluding carboxylic acids is 9. The summed E-state index contributed by atoms with van der Waals surface area (Å²) in [5, 5.41) is 62.8. The summed E-state index contributed by atoms with van der Waals surface area (Å²) < 4.78 is 5.08. The summed E-state index contributed by atoms with van der Waals surface area (Å²) in [6.45, 7) is 4.47. The second kappa shape index (κ2) is 32.4. The van der Waals surface area contributed by atoms with Crippen molar-refractivity contribution in [2.75, 3.05) is 24.7 Å². The first-order chi connectivity index (χ1) is 38.7. The molecular weight excluding hydrogens is 1090 g/mol. The van der Waals surface area contributed by atoms with Crippen LogP contribution in [-0.4, -0.2) is 176 Å². The number of ether oxygens (including phenoxy) is 1. The monoisotopic (exact) mass is 1160 g/mol. The van der Waals surface area contributed by atoms with E-state index in [1.54, 1.807) is 72.9 Å². The average Bonchev–Trinajstić information content (AvgIpc) is 4.07. The van der Waals surface area contributed by atoms with Crippen LogP contribution in [0.2, 0.25) is 0 Å². The molecule has 1 aliphatic heterocycles. The molecule has 440 valence electrons. The van der Waals surface area contributed by atoms with Crippen LogP contribution in [-0.2, 0) is 67.2 Å². The third kappa shape index (κ3) is 20.2. The molecule has 1 fully saturated rings. The number of rotatable bonds is 21. The number of benzene rings is 3. The molecule has 2 heterocycles. The number of aromatic amines is 1. The lowest BCUT2D eigenvalue weighted by atomic mass is 10.0. The van der Waals surface area contributed by atoms with E-state index >= 15 is 0 Å². The minimum Gasteiger partial charge on any atom is -0.451 e. The van der Waals surface area contributed by atoms with E-state index in [1.165, 1.54) is 20.8 Å². The number of para-hydroxylation sites is 1. The molecule has 3 aromatic carbocycles. The van der Waals surface area contributed by atoms with Crippen LogP contribution in [0.3, 0.4) is 0 Å². The average molecular weight is 1160 g/mol. The van der Waals surface area contributed by atoms with Crippen molar-refractivity contribution in [3.05, 3.63) is 108 Å². The molecule has 1 aliphatic rings. The Morgan fingerprint density at radius 2 is 1.27 bits per heavy atom. The maximum Gasteiger partial charge on any atom is 0.335 e. The zero-order valence-corrected chi connectivity index (χ0v) is 47.1. The van der Waals surface area contributed by atoms with Gasteiger partial charge in [0.05, 0.1) is 24.9 Å². The molecule has 4 aromatic rings. The molecule has 0 radical (unpaired) electrons. The molecular formula is C55H74N10O14S2. The van der Waals surface area contributed by atoms with Crippen molar-refractivity contribution in [2.45, 2.75) is 139 Å². The number of aliphatic hydroxyl groups excluding tert-OH is 4. The van der Waals surface area contributed by atoms with Crippen molar-refractivity contribution in [1.29, 1.82) is 0 Å². The van der Waals surface area contributed by atoms with Crippen molar-refractivity contribution in [3.8, 4) is 0 Å². The Morgan fingerprint density at radius 3 is 1.90 bits per heavy atom. The standard InChI is InChI=1S/C55H74N10O14S2/c1-30(67)43(27-66)62-53(76)45-29-81-80-28-44(63-50(73)40(23-34-15-7-5-8-16-34)59-47(70)33(4)79-55(78)32(3)69)52(75)60-41(24-35-17-9-6-10-18-35)49(72)61-42(25-36-26-57-38-20-12-11-19-37(36)38)51(74)58-39(21-13-14-22-56)48(71)65-46(31(2)68)54(77)64-45/h5-12,15-20,26,30-33,39-46,57,66-69H,13-14,21-25,27-29,56H2,1-4H3,(H,58,74)(H,59,70)(H,60,75)(H,61,72)(H,62,76)(H,63,73)(H,64,77)(H,65,71)/t30-,31-,32+,33+,39?,40?,41?,42?,43?,44?,45?,46?/m1/s1. The van der Waals surface area contributed by atoms with E-state index in [2.05, 4.69) is 47.5 Å². The Balaban J connectivity index is 1.61. The van der Waals surface area contributed by atoms with Crippen LogP contribution in [0.5, 0.6) is 0 Å². The third-order valence-electron chi connectivity index (χ3n) is 13.1. The van der Waals surface area contributed by atoms with Gasteiger partial charge in [0.1, 0.15) is 48.4 Å². The zero-order chi connectivity index (χ0) is 59.2. The van der Waals surface area contributed by atoms with Gasteiger partial charge in [-0.3, -0.25) is 38.4 Å². The fourth-order valence-electron chi connectivity index (χ4n) is 8.43. The molecule has 12 atom stereocenters. The van der Waals surface area contributed by atoms with Gasteiger partial charge in [-0.2, -0.15) is 0 Å². The number of esters is 1. The zero-order valence-electron chi connectivity index (χ0n) is 45.4. The van der Waals surface area contributed by atoms with E-state index in [4.69, 9.17) is 10.5 Å². The molecule has 81 heavy (non-hydrogen) atoms. The number of hydrogen-bond acceptors (Lipinski definition) is 17. The Labute approximate surface area is 476 Å². The lowest BCUT2D eigenvalue weighted by molar-refractivity contribution is -0.162. The Hall–Kier alpha value is -7.07. The number of aromatic nitrogens is 1. The van der Waals surface area contributed by atoms with E-state index in [-0.39, 0.29) is 43.7 Å². The fourth-order valence-corrected chi connectivity index (χ4v) is 10.8. The number of amides is 8. The highest BCUT2D eigenvalue weighted by molar-refractivity contribution is 8.76. The molecule has 1 aromatic heterocycles. The molecule has 1 saturated heterocycles. The third-order valence-corrected chi connectivity index (χ3v) is 15.6. The fraction of sp³-hybridized carbons (Fsp3) is 0.473. The molecule has 0 saturated carbocycles. The van der Waals surface area contributed by atoms with Crippen molar-refractivity contribution in [2.24, 2.45) is 5.73 Å². The minimum absolute atomic E-state index is 0.0113. The predicted molar refractivity (Wildman–Crippen MR) is 303 cm³/mol. The topological polar surface area (TPSA) is 382 Å². The van der Waals surface area contributed by atoms with E-state index in [0.717, 1.165) is 39.4 Å². The van der Waals surface area contributed by atoms with E-state index in [0.29, 0.717) is 29.5 Å². The van der Waals surface area contributed by atoms with Gasteiger partial charge < -0.3 is 78.4 Å².